The van der Waals surface area contributed by atoms with Crippen molar-refractivity contribution in [3.63, 3.8) is 0 Å². The normalized spacial score (nSPS) is 11.8. The number of fused-ring (bicyclic) bond motifs is 1. The van der Waals surface area contributed by atoms with Gasteiger partial charge in [-0.3, -0.25) is 4.68 Å². The Kier molecular flexibility index (Phi) is 8.10. The number of rotatable bonds is 11. The fourth-order valence-electron chi connectivity index (χ4n) is 3.63. The molecule has 2 heterocycles. The third kappa shape index (κ3) is 6.55. The summed E-state index contributed by atoms with van der Waals surface area (Å²) < 4.78 is 7.51. The lowest BCUT2D eigenvalue weighted by molar-refractivity contribution is 0.301. The fourth-order valence-corrected chi connectivity index (χ4v) is 3.63. The van der Waals surface area contributed by atoms with Crippen LogP contribution in [0.2, 0.25) is 0 Å². The zero-order valence-electron chi connectivity index (χ0n) is 20.4. The number of hydrogen-bond acceptors (Lipinski definition) is 8. The van der Waals surface area contributed by atoms with Crippen molar-refractivity contribution in [1.29, 1.82) is 0 Å². The highest BCUT2D eigenvalue weighted by atomic mass is 16.5. The molecule has 3 aromatic rings. The number of nitrogens with two attached hydrogens (primary N) is 1. The van der Waals surface area contributed by atoms with Gasteiger partial charge < -0.3 is 25.8 Å². The molecule has 1 aromatic carbocycles. The van der Waals surface area contributed by atoms with Gasteiger partial charge in [0.25, 0.3) is 0 Å². The Morgan fingerprint density at radius 1 is 1.21 bits per heavy atom. The maximum absolute atomic E-state index is 9.54. The van der Waals surface area contributed by atoms with Gasteiger partial charge in [0.2, 0.25) is 5.95 Å². The molecule has 33 heavy (non-hydrogen) atoms. The van der Waals surface area contributed by atoms with E-state index in [2.05, 4.69) is 61.2 Å². The summed E-state index contributed by atoms with van der Waals surface area (Å²) in [5, 5.41) is 17.8. The van der Waals surface area contributed by atoms with Crippen LogP contribution < -0.4 is 20.7 Å². The summed E-state index contributed by atoms with van der Waals surface area (Å²) in [6.45, 7) is 11.1. The molecular weight excluding hydrogens is 418 g/mol. The molecule has 0 saturated heterocycles. The Bertz CT molecular complexity index is 1060. The standard InChI is InChI=1S/C24H37N7O2/c1-6-7-10-30(11-12-32)22-21-19(27-23(25)28-22)16-31(29-21)15-18-9-8-17(13-20(18)33-5)14-26-24(2,3)4/h8-9,13,16,26,32H,6-7,10-12,14-15H2,1-5H3,(H2,25,27). The number of ether oxygens (including phenoxy) is 1. The van der Waals surface area contributed by atoms with E-state index in [1.807, 2.05) is 15.8 Å². The van der Waals surface area contributed by atoms with Gasteiger partial charge in [-0.15, -0.1) is 0 Å². The van der Waals surface area contributed by atoms with Crippen LogP contribution >= 0.6 is 0 Å². The number of hydrogen-bond donors (Lipinski definition) is 3. The molecule has 0 radical (unpaired) electrons. The van der Waals surface area contributed by atoms with E-state index in [0.717, 1.165) is 42.8 Å². The highest BCUT2D eigenvalue weighted by molar-refractivity contribution is 5.86. The first kappa shape index (κ1) is 24.7. The lowest BCUT2D eigenvalue weighted by Gasteiger charge is -2.22. The maximum Gasteiger partial charge on any atom is 0.222 e. The summed E-state index contributed by atoms with van der Waals surface area (Å²) in [6, 6.07) is 6.25. The quantitative estimate of drug-likeness (QED) is 0.404. The zero-order valence-corrected chi connectivity index (χ0v) is 20.4. The number of anilines is 2. The van der Waals surface area contributed by atoms with E-state index >= 15 is 0 Å². The van der Waals surface area contributed by atoms with Crippen molar-refractivity contribution in [2.24, 2.45) is 0 Å². The second-order valence-electron chi connectivity index (χ2n) is 9.28. The number of methoxy groups -OCH3 is 1. The van der Waals surface area contributed by atoms with Crippen LogP contribution in [0.15, 0.2) is 24.4 Å². The Hall–Kier alpha value is -2.91. The number of aliphatic hydroxyl groups is 1. The number of nitrogen functional groups attached to an aromatic ring is 1. The van der Waals surface area contributed by atoms with E-state index in [1.165, 1.54) is 0 Å². The van der Waals surface area contributed by atoms with Gasteiger partial charge in [0, 0.05) is 30.7 Å². The fraction of sp³-hybridized carbons (Fsp3) is 0.542. The molecule has 0 saturated carbocycles. The van der Waals surface area contributed by atoms with E-state index in [4.69, 9.17) is 15.6 Å². The smallest absolute Gasteiger partial charge is 0.222 e. The molecule has 9 heteroatoms. The highest BCUT2D eigenvalue weighted by Crippen LogP contribution is 2.26. The molecule has 0 fully saturated rings. The van der Waals surface area contributed by atoms with E-state index < -0.39 is 0 Å². The van der Waals surface area contributed by atoms with Crippen molar-refractivity contribution in [3.8, 4) is 5.75 Å². The number of nitrogens with zero attached hydrogens (tertiary/aromatic N) is 5. The van der Waals surface area contributed by atoms with Gasteiger partial charge in [0.1, 0.15) is 11.3 Å². The lowest BCUT2D eigenvalue weighted by atomic mass is 10.1. The molecule has 0 spiro atoms. The van der Waals surface area contributed by atoms with Crippen molar-refractivity contribution in [3.05, 3.63) is 35.5 Å². The van der Waals surface area contributed by atoms with Crippen LogP contribution in [0.1, 0.15) is 51.7 Å². The molecule has 0 amide bonds. The summed E-state index contributed by atoms with van der Waals surface area (Å²) in [7, 11) is 1.68. The topological polar surface area (TPSA) is 114 Å². The van der Waals surface area contributed by atoms with Crippen molar-refractivity contribution in [1.82, 2.24) is 25.1 Å². The van der Waals surface area contributed by atoms with Crippen molar-refractivity contribution in [2.45, 2.75) is 59.2 Å². The van der Waals surface area contributed by atoms with Crippen molar-refractivity contribution < 1.29 is 9.84 Å². The molecule has 2 aromatic heterocycles. The molecule has 0 aliphatic carbocycles. The Balaban J connectivity index is 1.89. The molecule has 0 unspecified atom stereocenters. The third-order valence-electron chi connectivity index (χ3n) is 5.37. The number of benzene rings is 1. The summed E-state index contributed by atoms with van der Waals surface area (Å²) in [5.74, 6) is 1.68. The van der Waals surface area contributed by atoms with Gasteiger partial charge in [-0.2, -0.15) is 10.1 Å². The van der Waals surface area contributed by atoms with E-state index in [-0.39, 0.29) is 18.1 Å². The Morgan fingerprint density at radius 2 is 2.00 bits per heavy atom. The van der Waals surface area contributed by atoms with Crippen LogP contribution in [-0.4, -0.2) is 57.2 Å². The van der Waals surface area contributed by atoms with Gasteiger partial charge in [0.05, 0.1) is 26.5 Å². The van der Waals surface area contributed by atoms with Crippen LogP contribution in [0, 0.1) is 0 Å². The minimum Gasteiger partial charge on any atom is -0.496 e. The molecule has 9 nitrogen and oxygen atoms in total. The van der Waals surface area contributed by atoms with Crippen LogP contribution in [0.25, 0.3) is 11.0 Å². The predicted octanol–water partition coefficient (Wildman–Crippen LogP) is 2.95. The monoisotopic (exact) mass is 455 g/mol. The van der Waals surface area contributed by atoms with Gasteiger partial charge in [-0.05, 0) is 38.8 Å². The molecular formula is C24H37N7O2. The van der Waals surface area contributed by atoms with Crippen LogP contribution in [0.4, 0.5) is 11.8 Å². The Morgan fingerprint density at radius 3 is 2.67 bits per heavy atom. The van der Waals surface area contributed by atoms with E-state index in [1.54, 1.807) is 7.11 Å². The molecule has 180 valence electrons. The lowest BCUT2D eigenvalue weighted by Crippen LogP contribution is -2.35. The predicted molar refractivity (Wildman–Crippen MR) is 133 cm³/mol. The van der Waals surface area contributed by atoms with Crippen LogP contribution in [-0.2, 0) is 13.1 Å². The van der Waals surface area contributed by atoms with Crippen molar-refractivity contribution in [2.75, 3.05) is 37.4 Å². The number of aliphatic hydroxyl groups excluding tert-OH is 1. The highest BCUT2D eigenvalue weighted by Gasteiger charge is 2.18. The van der Waals surface area contributed by atoms with Gasteiger partial charge in [0.15, 0.2) is 11.3 Å². The first-order valence-electron chi connectivity index (χ1n) is 11.5. The molecule has 3 rings (SSSR count). The molecule has 0 atom stereocenters. The average molecular weight is 456 g/mol. The summed E-state index contributed by atoms with van der Waals surface area (Å²) >= 11 is 0. The number of unbranched alkanes of at least 4 members (excludes halogenated alkanes) is 1. The van der Waals surface area contributed by atoms with Gasteiger partial charge in [-0.25, -0.2) is 4.98 Å². The van der Waals surface area contributed by atoms with Gasteiger partial charge >= 0.3 is 0 Å². The number of aromatic nitrogens is 4. The minimum atomic E-state index is 0.0312. The average Bonchev–Trinajstić information content (AvgIpc) is 3.17. The molecule has 0 aliphatic heterocycles. The van der Waals surface area contributed by atoms with Gasteiger partial charge in [-0.1, -0.05) is 25.5 Å². The van der Waals surface area contributed by atoms with Crippen LogP contribution in [0.3, 0.4) is 0 Å². The summed E-state index contributed by atoms with van der Waals surface area (Å²) in [5.41, 5.74) is 9.58. The zero-order chi connectivity index (χ0) is 24.0. The third-order valence-corrected chi connectivity index (χ3v) is 5.37. The summed E-state index contributed by atoms with van der Waals surface area (Å²) in [6.07, 6.45) is 3.91. The van der Waals surface area contributed by atoms with Crippen molar-refractivity contribution >= 4 is 22.8 Å². The largest absolute Gasteiger partial charge is 0.496 e. The van der Waals surface area contributed by atoms with Crippen LogP contribution in [0.5, 0.6) is 5.75 Å². The second kappa shape index (κ2) is 10.8. The maximum atomic E-state index is 9.54. The summed E-state index contributed by atoms with van der Waals surface area (Å²) in [4.78, 5) is 10.9. The van der Waals surface area contributed by atoms with E-state index in [0.29, 0.717) is 29.9 Å². The number of nitrogens with one attached hydrogen (secondary N) is 1. The molecule has 4 N–H and O–H groups in total. The minimum absolute atomic E-state index is 0.0312. The van der Waals surface area contributed by atoms with E-state index in [9.17, 15) is 5.11 Å². The SMILES string of the molecule is CCCCN(CCO)c1nc(N)nc2cn(Cc3ccc(CNC(C)(C)C)cc3OC)nc12. The first-order chi connectivity index (χ1) is 15.7. The molecule has 0 bridgehead atoms. The Labute approximate surface area is 196 Å². The first-order valence-corrected chi connectivity index (χ1v) is 11.5. The second-order valence-corrected chi connectivity index (χ2v) is 9.28. The molecule has 0 aliphatic rings.